The van der Waals surface area contributed by atoms with E-state index in [9.17, 15) is 0 Å². The number of nitrogen functional groups attached to an aromatic ring is 1. The first-order chi connectivity index (χ1) is 5.79. The van der Waals surface area contributed by atoms with Crippen LogP contribution in [-0.2, 0) is 6.42 Å². The number of nitrogens with two attached hydrogens (primary N) is 1. The largest absolute Gasteiger partial charge is 0.375 e. The third kappa shape index (κ3) is 1.14. The van der Waals surface area contributed by atoms with Gasteiger partial charge in [0.05, 0.1) is 0 Å². The van der Waals surface area contributed by atoms with Gasteiger partial charge >= 0.3 is 0 Å². The Labute approximate surface area is 74.3 Å². The molecule has 2 rings (SSSR count). The molecule has 0 amide bonds. The van der Waals surface area contributed by atoms with E-state index in [1.165, 1.54) is 11.3 Å². The van der Waals surface area contributed by atoms with Gasteiger partial charge in [-0.15, -0.1) is 0 Å². The highest BCUT2D eigenvalue weighted by atomic mass is 32.1. The summed E-state index contributed by atoms with van der Waals surface area (Å²) in [6.45, 7) is 2.08. The van der Waals surface area contributed by atoms with E-state index in [0.29, 0.717) is 5.13 Å². The molecule has 2 aromatic rings. The molecule has 0 unspecified atom stereocenters. The molecule has 0 radical (unpaired) electrons. The van der Waals surface area contributed by atoms with Gasteiger partial charge in [-0.3, -0.25) is 0 Å². The number of aryl methyl sites for hydroxylation is 1. The van der Waals surface area contributed by atoms with E-state index in [-0.39, 0.29) is 0 Å². The first-order valence-corrected chi connectivity index (χ1v) is 4.63. The summed E-state index contributed by atoms with van der Waals surface area (Å²) >= 11 is 1.44. The van der Waals surface area contributed by atoms with Crippen molar-refractivity contribution in [2.45, 2.75) is 13.3 Å². The molecule has 0 spiro atoms. The zero-order valence-electron chi connectivity index (χ0n) is 6.74. The van der Waals surface area contributed by atoms with Gasteiger partial charge in [0.15, 0.2) is 5.13 Å². The Morgan fingerprint density at radius 3 is 3.00 bits per heavy atom. The van der Waals surface area contributed by atoms with Crippen LogP contribution in [0.15, 0.2) is 12.1 Å². The third-order valence-corrected chi connectivity index (χ3v) is 2.49. The molecule has 0 aliphatic rings. The maximum atomic E-state index is 5.55. The second kappa shape index (κ2) is 2.71. The summed E-state index contributed by atoms with van der Waals surface area (Å²) in [7, 11) is 0. The van der Waals surface area contributed by atoms with Crippen LogP contribution in [0.5, 0.6) is 0 Å². The normalized spacial score (nSPS) is 10.8. The van der Waals surface area contributed by atoms with E-state index in [0.717, 1.165) is 22.5 Å². The van der Waals surface area contributed by atoms with Gasteiger partial charge in [-0.2, -0.15) is 0 Å². The van der Waals surface area contributed by atoms with Crippen molar-refractivity contribution in [1.82, 2.24) is 9.97 Å². The average molecular weight is 179 g/mol. The van der Waals surface area contributed by atoms with E-state index in [2.05, 4.69) is 16.9 Å². The number of aromatic nitrogens is 2. The Morgan fingerprint density at radius 1 is 1.42 bits per heavy atom. The SMILES string of the molecule is CCc1ccc2nc(N)sc2n1. The van der Waals surface area contributed by atoms with Crippen LogP contribution < -0.4 is 5.73 Å². The van der Waals surface area contributed by atoms with E-state index in [4.69, 9.17) is 5.73 Å². The van der Waals surface area contributed by atoms with Gasteiger partial charge in [-0.05, 0) is 18.6 Å². The van der Waals surface area contributed by atoms with Crippen molar-refractivity contribution in [3.05, 3.63) is 17.8 Å². The fraction of sp³-hybridized carbons (Fsp3) is 0.250. The predicted octanol–water partition coefficient (Wildman–Crippen LogP) is 1.84. The lowest BCUT2D eigenvalue weighted by Gasteiger charge is -1.92. The number of nitrogens with zero attached hydrogens (tertiary/aromatic N) is 2. The standard InChI is InChI=1S/C8H9N3S/c1-2-5-3-4-6-7(10-5)12-8(9)11-6/h3-4H,2H2,1H3,(H2,9,11). The molecular weight excluding hydrogens is 170 g/mol. The van der Waals surface area contributed by atoms with Crippen LogP contribution in [-0.4, -0.2) is 9.97 Å². The minimum absolute atomic E-state index is 0.589. The lowest BCUT2D eigenvalue weighted by molar-refractivity contribution is 1.06. The molecule has 0 aliphatic heterocycles. The molecule has 4 heteroatoms. The zero-order chi connectivity index (χ0) is 8.55. The molecule has 12 heavy (non-hydrogen) atoms. The van der Waals surface area contributed by atoms with Crippen molar-refractivity contribution in [3.8, 4) is 0 Å². The van der Waals surface area contributed by atoms with Crippen molar-refractivity contribution in [3.63, 3.8) is 0 Å². The molecule has 2 N–H and O–H groups in total. The summed E-state index contributed by atoms with van der Waals surface area (Å²) in [6.07, 6.45) is 0.952. The molecule has 0 aromatic carbocycles. The molecule has 0 saturated carbocycles. The molecule has 0 fully saturated rings. The zero-order valence-corrected chi connectivity index (χ0v) is 7.56. The second-order valence-electron chi connectivity index (χ2n) is 2.53. The van der Waals surface area contributed by atoms with Crippen molar-refractivity contribution >= 4 is 26.8 Å². The molecular formula is C8H9N3S. The summed E-state index contributed by atoms with van der Waals surface area (Å²) in [5, 5.41) is 0.589. The molecule has 2 aromatic heterocycles. The number of hydrogen-bond acceptors (Lipinski definition) is 4. The van der Waals surface area contributed by atoms with Gasteiger partial charge in [-0.1, -0.05) is 18.3 Å². The van der Waals surface area contributed by atoms with E-state index >= 15 is 0 Å². The smallest absolute Gasteiger partial charge is 0.182 e. The highest BCUT2D eigenvalue weighted by molar-refractivity contribution is 7.21. The Balaban J connectivity index is 2.66. The molecule has 0 atom stereocenters. The summed E-state index contributed by atoms with van der Waals surface area (Å²) in [5.74, 6) is 0. The first kappa shape index (κ1) is 7.49. The van der Waals surface area contributed by atoms with Crippen LogP contribution in [0, 0.1) is 0 Å². The fourth-order valence-electron chi connectivity index (χ4n) is 1.07. The second-order valence-corrected chi connectivity index (χ2v) is 3.54. The summed E-state index contributed by atoms with van der Waals surface area (Å²) < 4.78 is 0. The van der Waals surface area contributed by atoms with Crippen LogP contribution in [0.25, 0.3) is 10.3 Å². The highest BCUT2D eigenvalue weighted by Crippen LogP contribution is 2.21. The van der Waals surface area contributed by atoms with Crippen LogP contribution in [0.4, 0.5) is 5.13 Å². The number of fused-ring (bicyclic) bond motifs is 1. The fourth-order valence-corrected chi connectivity index (χ4v) is 1.79. The summed E-state index contributed by atoms with van der Waals surface area (Å²) in [4.78, 5) is 9.45. The monoisotopic (exact) mass is 179 g/mol. The van der Waals surface area contributed by atoms with Crippen molar-refractivity contribution in [2.75, 3.05) is 5.73 Å². The van der Waals surface area contributed by atoms with Crippen molar-refractivity contribution < 1.29 is 0 Å². The Bertz CT molecular complexity index is 408. The molecule has 0 saturated heterocycles. The van der Waals surface area contributed by atoms with E-state index in [1.54, 1.807) is 0 Å². The van der Waals surface area contributed by atoms with Crippen LogP contribution in [0.1, 0.15) is 12.6 Å². The lowest BCUT2D eigenvalue weighted by atomic mass is 10.3. The van der Waals surface area contributed by atoms with Crippen molar-refractivity contribution in [2.24, 2.45) is 0 Å². The third-order valence-electron chi connectivity index (χ3n) is 1.69. The summed E-state index contributed by atoms with van der Waals surface area (Å²) in [5.41, 5.74) is 7.54. The van der Waals surface area contributed by atoms with Gasteiger partial charge in [0.25, 0.3) is 0 Å². The number of hydrogen-bond donors (Lipinski definition) is 1. The number of thiazole rings is 1. The maximum Gasteiger partial charge on any atom is 0.182 e. The van der Waals surface area contributed by atoms with Gasteiger partial charge in [-0.25, -0.2) is 9.97 Å². The summed E-state index contributed by atoms with van der Waals surface area (Å²) in [6, 6.07) is 3.95. The Hall–Kier alpha value is -1.16. The van der Waals surface area contributed by atoms with Crippen LogP contribution in [0.3, 0.4) is 0 Å². The van der Waals surface area contributed by atoms with Crippen LogP contribution >= 0.6 is 11.3 Å². The molecule has 62 valence electrons. The quantitative estimate of drug-likeness (QED) is 0.726. The van der Waals surface area contributed by atoms with Gasteiger partial charge in [0, 0.05) is 5.69 Å². The predicted molar refractivity (Wildman–Crippen MR) is 51.2 cm³/mol. The number of rotatable bonds is 1. The van der Waals surface area contributed by atoms with Crippen LogP contribution in [0.2, 0.25) is 0 Å². The topological polar surface area (TPSA) is 51.8 Å². The van der Waals surface area contributed by atoms with Gasteiger partial charge in [0.1, 0.15) is 10.3 Å². The van der Waals surface area contributed by atoms with Gasteiger partial charge in [0.2, 0.25) is 0 Å². The van der Waals surface area contributed by atoms with E-state index < -0.39 is 0 Å². The highest BCUT2D eigenvalue weighted by Gasteiger charge is 2.01. The van der Waals surface area contributed by atoms with E-state index in [1.807, 2.05) is 12.1 Å². The minimum atomic E-state index is 0.589. The lowest BCUT2D eigenvalue weighted by Crippen LogP contribution is -1.84. The van der Waals surface area contributed by atoms with Crippen molar-refractivity contribution in [1.29, 1.82) is 0 Å². The molecule has 2 heterocycles. The van der Waals surface area contributed by atoms with Gasteiger partial charge < -0.3 is 5.73 Å². The number of anilines is 1. The maximum absolute atomic E-state index is 5.55. The average Bonchev–Trinajstić information content (AvgIpc) is 2.43. The number of pyridine rings is 1. The Morgan fingerprint density at radius 2 is 2.25 bits per heavy atom. The molecule has 3 nitrogen and oxygen atoms in total. The Kier molecular flexibility index (Phi) is 1.69. The minimum Gasteiger partial charge on any atom is -0.375 e. The molecule has 0 aliphatic carbocycles. The molecule has 0 bridgehead atoms. The first-order valence-electron chi connectivity index (χ1n) is 3.81.